The average molecular weight is 417 g/mol. The number of anilines is 2. The van der Waals surface area contributed by atoms with Crippen molar-refractivity contribution in [3.63, 3.8) is 0 Å². The fraction of sp³-hybridized carbons (Fsp3) is 0.333. The Balaban J connectivity index is 1.44. The van der Waals surface area contributed by atoms with Crippen LogP contribution in [-0.4, -0.2) is 38.8 Å². The number of pyridine rings is 1. The number of nitrogens with zero attached hydrogens (tertiary/aromatic N) is 4. The van der Waals surface area contributed by atoms with E-state index in [4.69, 9.17) is 9.97 Å². The maximum atomic E-state index is 13.6. The smallest absolute Gasteiger partial charge is 0.225 e. The number of amides is 1. The molecule has 2 aromatic heterocycles. The summed E-state index contributed by atoms with van der Waals surface area (Å²) in [4.78, 5) is 28.3. The molecule has 2 aliphatic rings. The second-order valence-electron chi connectivity index (χ2n) is 8.27. The highest BCUT2D eigenvalue weighted by molar-refractivity contribution is 5.80. The molecule has 0 spiro atoms. The third-order valence-electron chi connectivity index (χ3n) is 6.14. The number of aromatic nitrogens is 3. The molecule has 1 aliphatic heterocycles. The molecular weight excluding hydrogens is 393 g/mol. The van der Waals surface area contributed by atoms with Crippen molar-refractivity contribution in [1.82, 2.24) is 19.9 Å². The molecule has 1 saturated heterocycles. The van der Waals surface area contributed by atoms with Gasteiger partial charge in [0.25, 0.3) is 0 Å². The highest BCUT2D eigenvalue weighted by atomic mass is 19.1. The summed E-state index contributed by atoms with van der Waals surface area (Å²) in [6.45, 7) is 1.39. The zero-order chi connectivity index (χ0) is 21.2. The lowest BCUT2D eigenvalue weighted by Gasteiger charge is -2.29. The number of carbonyl (C=O) groups is 1. The van der Waals surface area contributed by atoms with E-state index in [0.717, 1.165) is 43.5 Å². The molecule has 3 aromatic rings. The first kappa shape index (κ1) is 19.6. The Morgan fingerprint density at radius 1 is 1.06 bits per heavy atom. The normalized spacial score (nSPS) is 18.6. The first-order valence-electron chi connectivity index (χ1n) is 10.8. The molecule has 3 heterocycles. The van der Waals surface area contributed by atoms with E-state index in [0.29, 0.717) is 23.9 Å². The van der Waals surface area contributed by atoms with Crippen LogP contribution in [0.3, 0.4) is 0 Å². The van der Waals surface area contributed by atoms with Crippen LogP contribution in [0.25, 0.3) is 11.3 Å². The van der Waals surface area contributed by atoms with Crippen LogP contribution in [-0.2, 0) is 4.79 Å². The first-order chi connectivity index (χ1) is 15.2. The standard InChI is InChI=1S/C24H24FN5O/c25-19-5-2-6-20(13-19)27-22-14-21(16-7-10-26-11-8-16)28-23(29-22)18-9-12-30(15-18)24(31)17-3-1-4-17/h2,5-8,10-11,13-14,17-18H,1,3-4,9,12,15H2,(H,27,28,29)/t18-/m0/s1. The molecule has 5 rings (SSSR count). The van der Waals surface area contributed by atoms with Crippen LogP contribution in [0.2, 0.25) is 0 Å². The van der Waals surface area contributed by atoms with Crippen LogP contribution in [0.5, 0.6) is 0 Å². The molecule has 1 amide bonds. The van der Waals surface area contributed by atoms with Gasteiger partial charge in [0, 0.05) is 54.6 Å². The number of halogens is 1. The Morgan fingerprint density at radius 3 is 2.65 bits per heavy atom. The summed E-state index contributed by atoms with van der Waals surface area (Å²) in [6, 6.07) is 12.0. The number of nitrogens with one attached hydrogen (secondary N) is 1. The summed E-state index contributed by atoms with van der Waals surface area (Å²) in [6.07, 6.45) is 7.47. The number of hydrogen-bond donors (Lipinski definition) is 1. The molecule has 2 fully saturated rings. The van der Waals surface area contributed by atoms with Crippen molar-refractivity contribution in [2.45, 2.75) is 31.6 Å². The van der Waals surface area contributed by atoms with Gasteiger partial charge in [0.05, 0.1) is 5.69 Å². The third-order valence-corrected chi connectivity index (χ3v) is 6.14. The van der Waals surface area contributed by atoms with Crippen molar-refractivity contribution in [3.05, 3.63) is 66.5 Å². The molecule has 0 radical (unpaired) electrons. The number of benzene rings is 1. The third kappa shape index (κ3) is 4.26. The van der Waals surface area contributed by atoms with E-state index in [1.165, 1.54) is 12.1 Å². The Morgan fingerprint density at radius 2 is 1.90 bits per heavy atom. The molecule has 158 valence electrons. The summed E-state index contributed by atoms with van der Waals surface area (Å²) < 4.78 is 13.6. The summed E-state index contributed by atoms with van der Waals surface area (Å²) in [5.41, 5.74) is 2.33. The van der Waals surface area contributed by atoms with Crippen molar-refractivity contribution < 1.29 is 9.18 Å². The quantitative estimate of drug-likeness (QED) is 0.660. The minimum Gasteiger partial charge on any atom is -0.342 e. The van der Waals surface area contributed by atoms with Gasteiger partial charge in [-0.05, 0) is 49.6 Å². The highest BCUT2D eigenvalue weighted by Crippen LogP contribution is 2.33. The van der Waals surface area contributed by atoms with Crippen molar-refractivity contribution in [1.29, 1.82) is 0 Å². The van der Waals surface area contributed by atoms with E-state index >= 15 is 0 Å². The Bertz CT molecular complexity index is 1090. The Labute approximate surface area is 180 Å². The molecule has 7 heteroatoms. The lowest BCUT2D eigenvalue weighted by atomic mass is 9.84. The molecule has 0 bridgehead atoms. The van der Waals surface area contributed by atoms with Gasteiger partial charge in [-0.1, -0.05) is 12.5 Å². The zero-order valence-electron chi connectivity index (χ0n) is 17.2. The predicted octanol–water partition coefficient (Wildman–Crippen LogP) is 4.54. The average Bonchev–Trinajstić information content (AvgIpc) is 3.23. The fourth-order valence-electron chi connectivity index (χ4n) is 4.18. The maximum Gasteiger partial charge on any atom is 0.225 e. The topological polar surface area (TPSA) is 71.0 Å². The molecular formula is C24H24FN5O. The van der Waals surface area contributed by atoms with Crippen LogP contribution < -0.4 is 5.32 Å². The molecule has 1 N–H and O–H groups in total. The lowest BCUT2D eigenvalue weighted by Crippen LogP contribution is -2.37. The van der Waals surface area contributed by atoms with Gasteiger partial charge in [0.15, 0.2) is 0 Å². The summed E-state index contributed by atoms with van der Waals surface area (Å²) in [5, 5.41) is 3.20. The molecule has 6 nitrogen and oxygen atoms in total. The van der Waals surface area contributed by atoms with E-state index in [9.17, 15) is 9.18 Å². The molecule has 31 heavy (non-hydrogen) atoms. The number of rotatable bonds is 5. The van der Waals surface area contributed by atoms with Gasteiger partial charge in [-0.2, -0.15) is 0 Å². The number of carbonyl (C=O) groups excluding carboxylic acids is 1. The zero-order valence-corrected chi connectivity index (χ0v) is 17.2. The van der Waals surface area contributed by atoms with Gasteiger partial charge in [-0.15, -0.1) is 0 Å². The highest BCUT2D eigenvalue weighted by Gasteiger charge is 2.35. The summed E-state index contributed by atoms with van der Waals surface area (Å²) in [5.74, 6) is 1.56. The van der Waals surface area contributed by atoms with Crippen LogP contribution in [0.15, 0.2) is 54.9 Å². The first-order valence-corrected chi connectivity index (χ1v) is 10.8. The van der Waals surface area contributed by atoms with E-state index in [2.05, 4.69) is 10.3 Å². The largest absolute Gasteiger partial charge is 0.342 e. The second-order valence-corrected chi connectivity index (χ2v) is 8.27. The summed E-state index contributed by atoms with van der Waals surface area (Å²) in [7, 11) is 0. The summed E-state index contributed by atoms with van der Waals surface area (Å²) >= 11 is 0. The monoisotopic (exact) mass is 417 g/mol. The molecule has 0 unspecified atom stereocenters. The maximum absolute atomic E-state index is 13.6. The SMILES string of the molecule is O=C(C1CCC1)N1CC[C@H](c2nc(Nc3cccc(F)c3)cc(-c3ccncc3)n2)C1. The minimum absolute atomic E-state index is 0.0823. The van der Waals surface area contributed by atoms with E-state index in [-0.39, 0.29) is 23.6 Å². The van der Waals surface area contributed by atoms with Crippen LogP contribution >= 0.6 is 0 Å². The van der Waals surface area contributed by atoms with Gasteiger partial charge in [0.1, 0.15) is 17.5 Å². The van der Waals surface area contributed by atoms with Crippen molar-refractivity contribution in [2.24, 2.45) is 5.92 Å². The van der Waals surface area contributed by atoms with Crippen LogP contribution in [0.4, 0.5) is 15.9 Å². The van der Waals surface area contributed by atoms with Crippen LogP contribution in [0.1, 0.15) is 37.4 Å². The van der Waals surface area contributed by atoms with Gasteiger partial charge in [-0.3, -0.25) is 9.78 Å². The van der Waals surface area contributed by atoms with Crippen molar-refractivity contribution in [3.8, 4) is 11.3 Å². The van der Waals surface area contributed by atoms with Gasteiger partial charge < -0.3 is 10.2 Å². The molecule has 1 atom stereocenters. The van der Waals surface area contributed by atoms with E-state index in [1.54, 1.807) is 24.5 Å². The van der Waals surface area contributed by atoms with Gasteiger partial charge in [-0.25, -0.2) is 14.4 Å². The van der Waals surface area contributed by atoms with Crippen LogP contribution in [0, 0.1) is 11.7 Å². The van der Waals surface area contributed by atoms with E-state index in [1.807, 2.05) is 23.1 Å². The minimum atomic E-state index is -0.311. The molecule has 1 aliphatic carbocycles. The van der Waals surface area contributed by atoms with Gasteiger partial charge in [0.2, 0.25) is 5.91 Å². The van der Waals surface area contributed by atoms with Crippen molar-refractivity contribution in [2.75, 3.05) is 18.4 Å². The Kier molecular flexibility index (Phi) is 5.32. The predicted molar refractivity (Wildman–Crippen MR) is 116 cm³/mol. The molecule has 1 aromatic carbocycles. The van der Waals surface area contributed by atoms with E-state index < -0.39 is 0 Å². The van der Waals surface area contributed by atoms with Gasteiger partial charge >= 0.3 is 0 Å². The number of likely N-dealkylation sites (tertiary alicyclic amines) is 1. The fourth-order valence-corrected chi connectivity index (χ4v) is 4.18. The molecule has 1 saturated carbocycles. The lowest BCUT2D eigenvalue weighted by molar-refractivity contribution is -0.137. The Hall–Kier alpha value is -3.35. The van der Waals surface area contributed by atoms with Crippen molar-refractivity contribution >= 4 is 17.4 Å². The second kappa shape index (κ2) is 8.41. The number of hydrogen-bond acceptors (Lipinski definition) is 5.